The fourth-order valence-corrected chi connectivity index (χ4v) is 15.7. The summed E-state index contributed by atoms with van der Waals surface area (Å²) in [6.45, 7) is 27.9. The smallest absolute Gasteiger partial charge is 0.252 e. The van der Waals surface area contributed by atoms with Crippen LogP contribution in [0.4, 0.5) is 68.2 Å². The molecule has 7 heteroatoms. The lowest BCUT2D eigenvalue weighted by molar-refractivity contribution is 0.568. The molecule has 5 nitrogen and oxygen atoms in total. The van der Waals surface area contributed by atoms with Crippen LogP contribution < -0.4 is 52.4 Å². The van der Waals surface area contributed by atoms with Crippen molar-refractivity contribution >= 4 is 114 Å². The van der Waals surface area contributed by atoms with Crippen LogP contribution in [0.25, 0.3) is 44.9 Å². The van der Waals surface area contributed by atoms with Gasteiger partial charge in [-0.1, -0.05) is 265 Å². The van der Waals surface area contributed by atoms with Crippen LogP contribution in [0.5, 0.6) is 0 Å². The van der Waals surface area contributed by atoms with Crippen molar-refractivity contribution in [3.63, 3.8) is 0 Å². The first-order valence-corrected chi connectivity index (χ1v) is 33.3. The molecule has 0 atom stereocenters. The van der Waals surface area contributed by atoms with Crippen molar-refractivity contribution in [1.82, 2.24) is 0 Å². The summed E-state index contributed by atoms with van der Waals surface area (Å²) in [4.78, 5) is 10.5. The van der Waals surface area contributed by atoms with E-state index in [2.05, 4.69) is 345 Å². The Morgan fingerprint density at radius 2 is 0.591 bits per heavy atom. The highest BCUT2D eigenvalue weighted by Crippen LogP contribution is 2.63. The van der Waals surface area contributed by atoms with Gasteiger partial charge in [-0.15, -0.1) is 0 Å². The Morgan fingerprint density at radius 1 is 0.247 bits per heavy atom. The molecule has 12 aromatic rings. The highest BCUT2D eigenvalue weighted by Gasteiger charge is 2.54. The molecule has 0 unspecified atom stereocenters. The minimum absolute atomic E-state index is 0.0992. The first-order valence-electron chi connectivity index (χ1n) is 33.3. The van der Waals surface area contributed by atoms with Crippen LogP contribution in [-0.4, -0.2) is 13.4 Å². The zero-order valence-corrected chi connectivity index (χ0v) is 55.4. The van der Waals surface area contributed by atoms with Crippen LogP contribution >= 0.6 is 0 Å². The minimum atomic E-state index is -0.151. The second-order valence-corrected chi connectivity index (χ2v) is 30.6. The minimum Gasteiger partial charge on any atom is -0.452 e. The van der Waals surface area contributed by atoms with E-state index in [1.165, 1.54) is 123 Å². The molecule has 0 bridgehead atoms. The van der Waals surface area contributed by atoms with Crippen LogP contribution in [0.2, 0.25) is 0 Å². The van der Waals surface area contributed by atoms with Gasteiger partial charge < -0.3 is 24.0 Å². The van der Waals surface area contributed by atoms with E-state index in [4.69, 9.17) is 4.42 Å². The summed E-state index contributed by atoms with van der Waals surface area (Å²) in [5.41, 5.74) is 33.1. The van der Waals surface area contributed by atoms with Gasteiger partial charge in [0.2, 0.25) is 0 Å². The number of hydrogen-bond acceptors (Lipinski definition) is 5. The van der Waals surface area contributed by atoms with Crippen LogP contribution in [0.1, 0.15) is 105 Å². The molecule has 452 valence electrons. The summed E-state index contributed by atoms with van der Waals surface area (Å²) in [6.07, 6.45) is 0. The molecule has 5 aliphatic rings. The third kappa shape index (κ3) is 8.75. The molecule has 17 rings (SSSR count). The number of benzene rings is 11. The van der Waals surface area contributed by atoms with E-state index in [0.29, 0.717) is 0 Å². The fraction of sp³-hybridized carbons (Fsp3) is 0.186. The molecule has 11 aromatic carbocycles. The van der Waals surface area contributed by atoms with Crippen LogP contribution in [0.15, 0.2) is 247 Å². The molecule has 0 radical (unpaired) electrons. The largest absolute Gasteiger partial charge is 0.452 e. The molecule has 0 saturated heterocycles. The van der Waals surface area contributed by atoms with Crippen molar-refractivity contribution in [2.45, 2.75) is 105 Å². The molecule has 0 aliphatic carbocycles. The van der Waals surface area contributed by atoms with Gasteiger partial charge in [0.25, 0.3) is 13.4 Å². The summed E-state index contributed by atoms with van der Waals surface area (Å²) in [5, 5.41) is 0. The average Bonchev–Trinajstić information content (AvgIpc) is 1.63. The topological polar surface area (TPSA) is 26.1 Å². The first kappa shape index (κ1) is 57.0. The fourth-order valence-electron chi connectivity index (χ4n) is 15.7. The van der Waals surface area contributed by atoms with E-state index >= 15 is 0 Å². The summed E-state index contributed by atoms with van der Waals surface area (Å²) in [6, 6.07) is 92.2. The van der Waals surface area contributed by atoms with Crippen LogP contribution in [0, 0.1) is 0 Å². The van der Waals surface area contributed by atoms with Gasteiger partial charge in [-0.2, -0.15) is 0 Å². The second-order valence-electron chi connectivity index (χ2n) is 30.6. The van der Waals surface area contributed by atoms with E-state index in [9.17, 15) is 0 Å². The average molecular weight is 1200 g/mol. The molecule has 0 saturated carbocycles. The maximum absolute atomic E-state index is 7.78. The Kier molecular flexibility index (Phi) is 12.4. The molecule has 0 amide bonds. The standard InChI is InChI=1S/C86H76B2N4O/c1-83(2,3)59-47-60(84(4,5)6)50-63(49-59)89-69-44-40-57(53-27-17-13-18-28-53)45-68(69)88-67-43-42-66-77-78(67)92(73-38-25-35-70(89)76(73)88)80-79(81(55-31-21-15-22-32-55)93-82(80)56-33-23-16-24-34-56)91(77)72-37-26-36-71-75(72)87(66)65-41-39-58(54-29-19-14-20-30-54)46-74(65)90(71)64-51-61(85(7,8)9)48-62(52-64)86(10,11)12/h13-52H,1-12H3. The third-order valence-corrected chi connectivity index (χ3v) is 20.5. The Balaban J connectivity index is 1.00. The lowest BCUT2D eigenvalue weighted by Crippen LogP contribution is -2.65. The highest BCUT2D eigenvalue weighted by molar-refractivity contribution is 7.03. The monoisotopic (exact) mass is 1200 g/mol. The number of anilines is 12. The Labute approximate surface area is 549 Å². The van der Waals surface area contributed by atoms with Crippen LogP contribution in [0.3, 0.4) is 0 Å². The SMILES string of the molecule is CC(C)(C)c1cc(N2c3ccc(-c4ccccc4)cc3B3c4ccc5c6c4N(c4cccc2c43)c2c(-c3ccccc3)oc(-c3ccccc3)c2N6c2cccc3c2B5c2ccc(-c4ccccc4)cc2N3c2cc(C(C)(C)C)cc(C(C)(C)C)c2)cc(C(C)(C)C)c1. The predicted molar refractivity (Wildman–Crippen MR) is 397 cm³/mol. The summed E-state index contributed by atoms with van der Waals surface area (Å²) >= 11 is 0. The molecular weight excluding hydrogens is 1130 g/mol. The maximum atomic E-state index is 7.78. The number of fused-ring (bicyclic) bond motifs is 11. The van der Waals surface area contributed by atoms with Gasteiger partial charge in [-0.05, 0) is 160 Å². The number of rotatable bonds is 6. The van der Waals surface area contributed by atoms with Crippen molar-refractivity contribution in [2.75, 3.05) is 19.6 Å². The van der Waals surface area contributed by atoms with Gasteiger partial charge in [0.15, 0.2) is 11.5 Å². The lowest BCUT2D eigenvalue weighted by atomic mass is 9.31. The van der Waals surface area contributed by atoms with Gasteiger partial charge in [0.05, 0.1) is 11.4 Å². The molecular formula is C86H76B2N4O. The predicted octanol–water partition coefficient (Wildman–Crippen LogP) is 19.6. The molecule has 0 N–H and O–H groups in total. The lowest BCUT2D eigenvalue weighted by Gasteiger charge is -2.51. The Hall–Kier alpha value is -9.97. The molecule has 0 spiro atoms. The van der Waals surface area contributed by atoms with E-state index < -0.39 is 0 Å². The van der Waals surface area contributed by atoms with E-state index in [1.807, 2.05) is 0 Å². The van der Waals surface area contributed by atoms with Gasteiger partial charge in [-0.25, -0.2) is 0 Å². The van der Waals surface area contributed by atoms with E-state index in [0.717, 1.165) is 45.4 Å². The van der Waals surface area contributed by atoms with Crippen molar-refractivity contribution < 1.29 is 4.42 Å². The molecule has 0 fully saturated rings. The van der Waals surface area contributed by atoms with Gasteiger partial charge >= 0.3 is 0 Å². The third-order valence-electron chi connectivity index (χ3n) is 20.5. The van der Waals surface area contributed by atoms with Crippen molar-refractivity contribution in [1.29, 1.82) is 0 Å². The Morgan fingerprint density at radius 3 is 1.00 bits per heavy atom. The number of nitrogens with zero attached hydrogens (tertiary/aromatic N) is 4. The second kappa shape index (κ2) is 20.3. The van der Waals surface area contributed by atoms with Gasteiger partial charge in [0, 0.05) is 56.6 Å². The van der Waals surface area contributed by atoms with E-state index in [-0.39, 0.29) is 35.1 Å². The number of furan rings is 1. The summed E-state index contributed by atoms with van der Waals surface area (Å²) in [5.74, 6) is 1.66. The highest BCUT2D eigenvalue weighted by atomic mass is 16.3. The number of hydrogen-bond donors (Lipinski definition) is 0. The van der Waals surface area contributed by atoms with Gasteiger partial charge in [0.1, 0.15) is 11.4 Å². The maximum Gasteiger partial charge on any atom is 0.252 e. The quantitative estimate of drug-likeness (QED) is 0.155. The van der Waals surface area contributed by atoms with Crippen LogP contribution in [-0.2, 0) is 21.7 Å². The van der Waals surface area contributed by atoms with Crippen molar-refractivity contribution in [3.8, 4) is 44.9 Å². The normalized spacial score (nSPS) is 14.1. The molecule has 1 aromatic heterocycles. The van der Waals surface area contributed by atoms with Crippen molar-refractivity contribution in [3.05, 3.63) is 265 Å². The van der Waals surface area contributed by atoms with Gasteiger partial charge in [-0.3, -0.25) is 0 Å². The Bertz CT molecular complexity index is 4980. The van der Waals surface area contributed by atoms with Crippen molar-refractivity contribution in [2.24, 2.45) is 0 Å². The van der Waals surface area contributed by atoms with E-state index in [1.54, 1.807) is 0 Å². The zero-order chi connectivity index (χ0) is 63.8. The molecule has 6 heterocycles. The summed E-state index contributed by atoms with van der Waals surface area (Å²) in [7, 11) is 0. The summed E-state index contributed by atoms with van der Waals surface area (Å²) < 4.78 is 7.78. The molecule has 93 heavy (non-hydrogen) atoms. The molecule has 5 aliphatic heterocycles. The first-order chi connectivity index (χ1) is 44.7. The zero-order valence-electron chi connectivity index (χ0n) is 55.4.